The van der Waals surface area contributed by atoms with Crippen LogP contribution in [0.5, 0.6) is 0 Å². The number of aromatic carboxylic acids is 1. The predicted molar refractivity (Wildman–Crippen MR) is 65.4 cm³/mol. The van der Waals surface area contributed by atoms with Crippen LogP contribution in [0.3, 0.4) is 0 Å². The van der Waals surface area contributed by atoms with Crippen molar-refractivity contribution in [2.24, 2.45) is 0 Å². The van der Waals surface area contributed by atoms with Gasteiger partial charge < -0.3 is 5.11 Å². The Kier molecular flexibility index (Phi) is 4.00. The van der Waals surface area contributed by atoms with Crippen LogP contribution in [0.25, 0.3) is 0 Å². The fourth-order valence-corrected chi connectivity index (χ4v) is 2.00. The minimum absolute atomic E-state index is 0.0304. The Labute approximate surface area is 108 Å². The first-order valence-electron chi connectivity index (χ1n) is 5.34. The molecule has 0 atom stereocenters. The van der Waals surface area contributed by atoms with Crippen LogP contribution < -0.4 is 0 Å². The second-order valence-corrected chi connectivity index (χ2v) is 4.61. The van der Waals surface area contributed by atoms with Crippen molar-refractivity contribution in [1.82, 2.24) is 24.9 Å². The van der Waals surface area contributed by atoms with Gasteiger partial charge in [0.25, 0.3) is 0 Å². The highest BCUT2D eigenvalue weighted by molar-refractivity contribution is 7.07. The summed E-state index contributed by atoms with van der Waals surface area (Å²) in [5, 5.41) is 18.0. The Morgan fingerprint density at radius 2 is 2.44 bits per heavy atom. The van der Waals surface area contributed by atoms with E-state index >= 15 is 0 Å². The molecular weight excluding hydrogens is 254 g/mol. The van der Waals surface area contributed by atoms with E-state index in [1.807, 2.05) is 12.4 Å². The molecule has 1 N–H and O–H groups in total. The van der Waals surface area contributed by atoms with Crippen LogP contribution in [0.1, 0.15) is 16.2 Å². The van der Waals surface area contributed by atoms with Crippen molar-refractivity contribution in [3.05, 3.63) is 28.5 Å². The zero-order valence-electron chi connectivity index (χ0n) is 9.85. The van der Waals surface area contributed by atoms with E-state index in [4.69, 9.17) is 5.11 Å². The molecule has 0 fully saturated rings. The molecule has 0 aromatic carbocycles. The Morgan fingerprint density at radius 3 is 3.06 bits per heavy atom. The fourth-order valence-electron chi connectivity index (χ4n) is 1.45. The van der Waals surface area contributed by atoms with Crippen molar-refractivity contribution in [3.8, 4) is 0 Å². The summed E-state index contributed by atoms with van der Waals surface area (Å²) in [6.45, 7) is 2.12. The number of hydrogen-bond acceptors (Lipinski definition) is 6. The number of aromatic nitrogens is 4. The molecule has 0 aliphatic heterocycles. The fraction of sp³-hybridized carbons (Fsp3) is 0.400. The Bertz CT molecular complexity index is 510. The molecule has 7 nitrogen and oxygen atoms in total. The van der Waals surface area contributed by atoms with Gasteiger partial charge in [-0.05, 0) is 7.05 Å². The third kappa shape index (κ3) is 3.34. The summed E-state index contributed by atoms with van der Waals surface area (Å²) in [4.78, 5) is 16.9. The monoisotopic (exact) mass is 267 g/mol. The van der Waals surface area contributed by atoms with Crippen molar-refractivity contribution in [1.29, 1.82) is 0 Å². The summed E-state index contributed by atoms with van der Waals surface area (Å²) >= 11 is 1.57. The van der Waals surface area contributed by atoms with E-state index in [1.54, 1.807) is 16.8 Å². The lowest BCUT2D eigenvalue weighted by atomic mass is 10.4. The van der Waals surface area contributed by atoms with E-state index in [0.29, 0.717) is 6.54 Å². The summed E-state index contributed by atoms with van der Waals surface area (Å²) in [6, 6.07) is 0. The van der Waals surface area contributed by atoms with Gasteiger partial charge in [-0.1, -0.05) is 5.21 Å². The number of nitrogens with zero attached hydrogens (tertiary/aromatic N) is 5. The van der Waals surface area contributed by atoms with Gasteiger partial charge in [-0.2, -0.15) is 0 Å². The molecule has 2 rings (SSSR count). The molecule has 0 spiro atoms. The molecule has 0 unspecified atom stereocenters. The number of carboxylic acid groups (broad SMARTS) is 1. The molecule has 96 valence electrons. The first-order chi connectivity index (χ1) is 8.65. The molecule has 0 amide bonds. The van der Waals surface area contributed by atoms with Crippen molar-refractivity contribution < 1.29 is 9.90 Å². The van der Waals surface area contributed by atoms with Crippen LogP contribution in [0, 0.1) is 0 Å². The van der Waals surface area contributed by atoms with Gasteiger partial charge in [0.1, 0.15) is 0 Å². The molecule has 0 radical (unpaired) electrons. The summed E-state index contributed by atoms with van der Waals surface area (Å²) < 4.78 is 1.53. The van der Waals surface area contributed by atoms with E-state index < -0.39 is 5.97 Å². The SMILES string of the molecule is CN(CCn1cc(C(=O)O)nn1)Cc1cscn1. The van der Waals surface area contributed by atoms with E-state index in [2.05, 4.69) is 20.2 Å². The van der Waals surface area contributed by atoms with Crippen LogP contribution >= 0.6 is 11.3 Å². The van der Waals surface area contributed by atoms with E-state index in [-0.39, 0.29) is 5.69 Å². The first kappa shape index (κ1) is 12.7. The lowest BCUT2D eigenvalue weighted by molar-refractivity contribution is 0.0690. The third-order valence-corrected chi connectivity index (χ3v) is 3.02. The quantitative estimate of drug-likeness (QED) is 0.823. The van der Waals surface area contributed by atoms with Gasteiger partial charge in [-0.25, -0.2) is 9.78 Å². The molecule has 0 saturated heterocycles. The maximum atomic E-state index is 10.6. The van der Waals surface area contributed by atoms with Gasteiger partial charge in [0.15, 0.2) is 5.69 Å². The van der Waals surface area contributed by atoms with Gasteiger partial charge >= 0.3 is 5.97 Å². The second-order valence-electron chi connectivity index (χ2n) is 3.89. The molecule has 0 saturated carbocycles. The van der Waals surface area contributed by atoms with Gasteiger partial charge in [0.05, 0.1) is 23.9 Å². The number of likely N-dealkylation sites (N-methyl/N-ethyl adjacent to an activating group) is 1. The van der Waals surface area contributed by atoms with E-state index in [0.717, 1.165) is 18.8 Å². The van der Waals surface area contributed by atoms with Crippen LogP contribution in [-0.4, -0.2) is 49.5 Å². The van der Waals surface area contributed by atoms with Gasteiger partial charge in [-0.3, -0.25) is 9.58 Å². The molecule has 8 heteroatoms. The minimum atomic E-state index is -1.06. The Balaban J connectivity index is 1.81. The van der Waals surface area contributed by atoms with Crippen molar-refractivity contribution in [2.75, 3.05) is 13.6 Å². The summed E-state index contributed by atoms with van der Waals surface area (Å²) in [6.07, 6.45) is 1.43. The highest BCUT2D eigenvalue weighted by atomic mass is 32.1. The van der Waals surface area contributed by atoms with Gasteiger partial charge in [0, 0.05) is 18.5 Å². The summed E-state index contributed by atoms with van der Waals surface area (Å²) in [5.74, 6) is -1.06. The lowest BCUT2D eigenvalue weighted by Crippen LogP contribution is -2.23. The highest BCUT2D eigenvalue weighted by Gasteiger charge is 2.08. The number of carbonyl (C=O) groups is 1. The number of hydrogen-bond donors (Lipinski definition) is 1. The molecule has 0 aliphatic rings. The van der Waals surface area contributed by atoms with Crippen molar-refractivity contribution >= 4 is 17.3 Å². The molecule has 2 heterocycles. The smallest absolute Gasteiger partial charge is 0.358 e. The minimum Gasteiger partial charge on any atom is -0.476 e. The summed E-state index contributed by atoms with van der Waals surface area (Å²) in [5.41, 5.74) is 2.81. The molecular formula is C10H13N5O2S. The predicted octanol–water partition coefficient (Wildman–Crippen LogP) is 0.565. The molecule has 2 aromatic rings. The number of carboxylic acids is 1. The maximum absolute atomic E-state index is 10.6. The number of thiazole rings is 1. The second kappa shape index (κ2) is 5.69. The maximum Gasteiger partial charge on any atom is 0.358 e. The largest absolute Gasteiger partial charge is 0.476 e. The van der Waals surface area contributed by atoms with E-state index in [1.165, 1.54) is 10.9 Å². The van der Waals surface area contributed by atoms with Crippen molar-refractivity contribution in [2.45, 2.75) is 13.1 Å². The van der Waals surface area contributed by atoms with Crippen LogP contribution in [0.4, 0.5) is 0 Å². The van der Waals surface area contributed by atoms with Gasteiger partial charge in [-0.15, -0.1) is 16.4 Å². The zero-order valence-corrected chi connectivity index (χ0v) is 10.7. The van der Waals surface area contributed by atoms with Crippen LogP contribution in [0.15, 0.2) is 17.1 Å². The highest BCUT2D eigenvalue weighted by Crippen LogP contribution is 2.04. The van der Waals surface area contributed by atoms with Crippen LogP contribution in [-0.2, 0) is 13.1 Å². The van der Waals surface area contributed by atoms with Crippen molar-refractivity contribution in [3.63, 3.8) is 0 Å². The topological polar surface area (TPSA) is 84.1 Å². The molecule has 0 bridgehead atoms. The Hall–Kier alpha value is -1.80. The van der Waals surface area contributed by atoms with Crippen LogP contribution in [0.2, 0.25) is 0 Å². The normalized spacial score (nSPS) is 11.0. The lowest BCUT2D eigenvalue weighted by Gasteiger charge is -2.14. The average molecular weight is 267 g/mol. The molecule has 0 aliphatic carbocycles. The standard InChI is InChI=1S/C10H13N5O2S/c1-14(4-8-6-18-7-11-8)2-3-15-5-9(10(16)17)12-13-15/h5-7H,2-4H2,1H3,(H,16,17). The average Bonchev–Trinajstić information content (AvgIpc) is 2.96. The third-order valence-electron chi connectivity index (χ3n) is 2.38. The Morgan fingerprint density at radius 1 is 1.61 bits per heavy atom. The van der Waals surface area contributed by atoms with E-state index in [9.17, 15) is 4.79 Å². The zero-order chi connectivity index (χ0) is 13.0. The first-order valence-corrected chi connectivity index (χ1v) is 6.28. The molecule has 18 heavy (non-hydrogen) atoms. The van der Waals surface area contributed by atoms with Gasteiger partial charge in [0.2, 0.25) is 0 Å². The summed E-state index contributed by atoms with van der Waals surface area (Å²) in [7, 11) is 1.98. The number of rotatable bonds is 6. The molecule has 2 aromatic heterocycles.